The number of carbonyl (C=O) groups is 1. The fourth-order valence-corrected chi connectivity index (χ4v) is 4.57. The van der Waals surface area contributed by atoms with Crippen molar-refractivity contribution < 1.29 is 9.32 Å². The summed E-state index contributed by atoms with van der Waals surface area (Å²) in [6, 6.07) is 10.4. The molecule has 4 rings (SSSR count). The van der Waals surface area contributed by atoms with E-state index in [0.717, 1.165) is 39.1 Å². The topological polar surface area (TPSA) is 75.6 Å². The van der Waals surface area contributed by atoms with Crippen LogP contribution >= 0.6 is 0 Å². The van der Waals surface area contributed by atoms with Crippen LogP contribution in [0.5, 0.6) is 0 Å². The zero-order chi connectivity index (χ0) is 19.0. The molecule has 2 aromatic rings. The lowest BCUT2D eigenvalue weighted by molar-refractivity contribution is 0.0771. The summed E-state index contributed by atoms with van der Waals surface area (Å²) in [6.45, 7) is 8.42. The van der Waals surface area contributed by atoms with E-state index in [1.807, 2.05) is 36.9 Å². The standard InChI is InChI=1S/C21H28N4O2/c1-14-20(15(2)27-23-14)21(26)25-12-17-10-24(11-18(17)13-25)9-8-19(22)16-6-4-3-5-7-16/h3-7,17-19H,8-13,22H2,1-2H3/t17?,18?,19-/m0/s1. The molecule has 2 fully saturated rings. The Kier molecular flexibility index (Phi) is 5.02. The van der Waals surface area contributed by atoms with Crippen molar-refractivity contribution in [3.63, 3.8) is 0 Å². The van der Waals surface area contributed by atoms with Gasteiger partial charge >= 0.3 is 0 Å². The molecule has 1 amide bonds. The molecule has 3 heterocycles. The second-order valence-corrected chi connectivity index (χ2v) is 7.99. The zero-order valence-corrected chi connectivity index (χ0v) is 16.1. The highest BCUT2D eigenvalue weighted by atomic mass is 16.5. The number of nitrogens with zero attached hydrogens (tertiary/aromatic N) is 3. The Labute approximate surface area is 160 Å². The number of aromatic nitrogens is 1. The lowest BCUT2D eigenvalue weighted by Gasteiger charge is -2.23. The van der Waals surface area contributed by atoms with Crippen LogP contribution in [0.1, 0.15) is 39.8 Å². The van der Waals surface area contributed by atoms with Gasteiger partial charge in [-0.25, -0.2) is 0 Å². The van der Waals surface area contributed by atoms with Gasteiger partial charge in [0.05, 0.1) is 5.69 Å². The van der Waals surface area contributed by atoms with Crippen LogP contribution in [0.2, 0.25) is 0 Å². The molecule has 27 heavy (non-hydrogen) atoms. The van der Waals surface area contributed by atoms with Crippen LogP contribution in [0, 0.1) is 25.7 Å². The van der Waals surface area contributed by atoms with E-state index in [0.29, 0.717) is 28.9 Å². The van der Waals surface area contributed by atoms with E-state index in [2.05, 4.69) is 22.2 Å². The molecule has 2 aliphatic heterocycles. The Balaban J connectivity index is 1.29. The molecule has 0 radical (unpaired) electrons. The van der Waals surface area contributed by atoms with Gasteiger partial charge in [-0.2, -0.15) is 0 Å². The summed E-state index contributed by atoms with van der Waals surface area (Å²) in [6.07, 6.45) is 0.963. The average Bonchev–Trinajstić information content (AvgIpc) is 3.33. The number of hydrogen-bond acceptors (Lipinski definition) is 5. The van der Waals surface area contributed by atoms with Gasteiger partial charge in [-0.15, -0.1) is 0 Å². The molecule has 1 aromatic heterocycles. The molecule has 6 nitrogen and oxygen atoms in total. The van der Waals surface area contributed by atoms with Gasteiger partial charge in [-0.1, -0.05) is 35.5 Å². The molecule has 2 aliphatic rings. The third-order valence-corrected chi connectivity index (χ3v) is 6.08. The SMILES string of the molecule is Cc1noc(C)c1C(=O)N1CC2CN(CC[C@H](N)c3ccccc3)CC2C1. The van der Waals surface area contributed by atoms with E-state index in [9.17, 15) is 4.79 Å². The maximum absolute atomic E-state index is 12.8. The van der Waals surface area contributed by atoms with Gasteiger partial charge < -0.3 is 20.1 Å². The van der Waals surface area contributed by atoms with Crippen molar-refractivity contribution >= 4 is 5.91 Å². The van der Waals surface area contributed by atoms with Gasteiger partial charge in [0, 0.05) is 32.2 Å². The van der Waals surface area contributed by atoms with E-state index in [4.69, 9.17) is 10.3 Å². The largest absolute Gasteiger partial charge is 0.361 e. The molecule has 0 aliphatic carbocycles. The molecule has 2 N–H and O–H groups in total. The van der Waals surface area contributed by atoms with Crippen molar-refractivity contribution in [2.45, 2.75) is 26.3 Å². The Morgan fingerprint density at radius 3 is 2.44 bits per heavy atom. The van der Waals surface area contributed by atoms with Crippen LogP contribution in [-0.4, -0.2) is 53.6 Å². The number of amides is 1. The maximum Gasteiger partial charge on any atom is 0.259 e. The van der Waals surface area contributed by atoms with Crippen molar-refractivity contribution in [3.8, 4) is 0 Å². The van der Waals surface area contributed by atoms with Gasteiger partial charge in [-0.3, -0.25) is 4.79 Å². The van der Waals surface area contributed by atoms with Crippen molar-refractivity contribution in [1.29, 1.82) is 0 Å². The molecule has 1 aromatic carbocycles. The van der Waals surface area contributed by atoms with Crippen LogP contribution in [0.15, 0.2) is 34.9 Å². The minimum Gasteiger partial charge on any atom is -0.361 e. The number of fused-ring (bicyclic) bond motifs is 1. The Morgan fingerprint density at radius 1 is 1.19 bits per heavy atom. The molecule has 2 unspecified atom stereocenters. The number of rotatable bonds is 5. The number of aryl methyl sites for hydroxylation is 2. The quantitative estimate of drug-likeness (QED) is 0.877. The molecular weight excluding hydrogens is 340 g/mol. The summed E-state index contributed by atoms with van der Waals surface area (Å²) in [5.74, 6) is 1.80. The van der Waals surface area contributed by atoms with Crippen LogP contribution in [-0.2, 0) is 0 Å². The van der Waals surface area contributed by atoms with Crippen LogP contribution in [0.25, 0.3) is 0 Å². The predicted molar refractivity (Wildman–Crippen MR) is 103 cm³/mol. The van der Waals surface area contributed by atoms with Crippen molar-refractivity contribution in [1.82, 2.24) is 15.0 Å². The maximum atomic E-state index is 12.8. The fraction of sp³-hybridized carbons (Fsp3) is 0.524. The minimum atomic E-state index is 0.0679. The highest BCUT2D eigenvalue weighted by Gasteiger charge is 2.42. The summed E-state index contributed by atoms with van der Waals surface area (Å²) in [5.41, 5.74) is 8.87. The highest BCUT2D eigenvalue weighted by Crippen LogP contribution is 2.33. The first-order chi connectivity index (χ1) is 13.0. The van der Waals surface area contributed by atoms with E-state index < -0.39 is 0 Å². The molecule has 0 bridgehead atoms. The normalized spacial score (nSPS) is 23.6. The summed E-state index contributed by atoms with van der Waals surface area (Å²) >= 11 is 0. The zero-order valence-electron chi connectivity index (χ0n) is 16.1. The van der Waals surface area contributed by atoms with Crippen molar-refractivity contribution in [3.05, 3.63) is 52.9 Å². The summed E-state index contributed by atoms with van der Waals surface area (Å²) < 4.78 is 5.16. The summed E-state index contributed by atoms with van der Waals surface area (Å²) in [4.78, 5) is 17.3. The summed E-state index contributed by atoms with van der Waals surface area (Å²) in [5, 5.41) is 3.92. The second-order valence-electron chi connectivity index (χ2n) is 7.99. The molecule has 2 saturated heterocycles. The van der Waals surface area contributed by atoms with E-state index in [-0.39, 0.29) is 11.9 Å². The second kappa shape index (κ2) is 7.44. The molecule has 6 heteroatoms. The van der Waals surface area contributed by atoms with E-state index >= 15 is 0 Å². The van der Waals surface area contributed by atoms with Crippen LogP contribution in [0.4, 0.5) is 0 Å². The Bertz CT molecular complexity index is 770. The summed E-state index contributed by atoms with van der Waals surface area (Å²) in [7, 11) is 0. The lowest BCUT2D eigenvalue weighted by Crippen LogP contribution is -2.34. The van der Waals surface area contributed by atoms with Gasteiger partial charge in [0.15, 0.2) is 0 Å². The van der Waals surface area contributed by atoms with Crippen LogP contribution in [0.3, 0.4) is 0 Å². The molecule has 144 valence electrons. The number of carbonyl (C=O) groups excluding carboxylic acids is 1. The molecular formula is C21H28N4O2. The van der Waals surface area contributed by atoms with Crippen molar-refractivity contribution in [2.75, 3.05) is 32.7 Å². The molecule has 0 saturated carbocycles. The smallest absolute Gasteiger partial charge is 0.259 e. The van der Waals surface area contributed by atoms with Gasteiger partial charge in [0.1, 0.15) is 11.3 Å². The first-order valence-electron chi connectivity index (χ1n) is 9.78. The monoisotopic (exact) mass is 368 g/mol. The van der Waals surface area contributed by atoms with Gasteiger partial charge in [0.2, 0.25) is 0 Å². The van der Waals surface area contributed by atoms with Gasteiger partial charge in [-0.05, 0) is 44.2 Å². The first kappa shape index (κ1) is 18.2. The number of benzene rings is 1. The van der Waals surface area contributed by atoms with E-state index in [1.165, 1.54) is 5.56 Å². The number of nitrogens with two attached hydrogens (primary N) is 1. The third kappa shape index (κ3) is 3.64. The molecule has 0 spiro atoms. The molecule has 3 atom stereocenters. The lowest BCUT2D eigenvalue weighted by atomic mass is 10.0. The Hall–Kier alpha value is -2.18. The number of hydrogen-bond donors (Lipinski definition) is 1. The first-order valence-corrected chi connectivity index (χ1v) is 9.78. The van der Waals surface area contributed by atoms with Crippen molar-refractivity contribution in [2.24, 2.45) is 17.6 Å². The van der Waals surface area contributed by atoms with E-state index in [1.54, 1.807) is 0 Å². The van der Waals surface area contributed by atoms with Crippen LogP contribution < -0.4 is 5.73 Å². The highest BCUT2D eigenvalue weighted by molar-refractivity contribution is 5.96. The van der Waals surface area contributed by atoms with Gasteiger partial charge in [0.25, 0.3) is 5.91 Å². The predicted octanol–water partition coefficient (Wildman–Crippen LogP) is 2.39. The Morgan fingerprint density at radius 2 is 1.85 bits per heavy atom. The number of likely N-dealkylation sites (tertiary alicyclic amines) is 2. The third-order valence-electron chi connectivity index (χ3n) is 6.08. The fourth-order valence-electron chi connectivity index (χ4n) is 4.57. The minimum absolute atomic E-state index is 0.0679. The average molecular weight is 368 g/mol.